The van der Waals surface area contributed by atoms with Crippen LogP contribution >= 0.6 is 0 Å². The smallest absolute Gasteiger partial charge is 0.0101 e. The van der Waals surface area contributed by atoms with Gasteiger partial charge in [0, 0.05) is 5.92 Å². The Balaban J connectivity index is 1.73. The second-order valence-electron chi connectivity index (χ2n) is 5.87. The molecule has 0 amide bonds. The van der Waals surface area contributed by atoms with Crippen LogP contribution in [-0.2, 0) is 0 Å². The molecule has 2 aromatic carbocycles. The predicted molar refractivity (Wildman–Crippen MR) is 89.3 cm³/mol. The van der Waals surface area contributed by atoms with Gasteiger partial charge < -0.3 is 4.90 Å². The van der Waals surface area contributed by atoms with Crippen LogP contribution in [0.25, 0.3) is 0 Å². The predicted octanol–water partition coefficient (Wildman–Crippen LogP) is 4.51. The van der Waals surface area contributed by atoms with Crippen molar-refractivity contribution in [3.05, 3.63) is 78.2 Å². The van der Waals surface area contributed by atoms with Gasteiger partial charge in [0.15, 0.2) is 0 Å². The lowest BCUT2D eigenvalue weighted by Gasteiger charge is -2.28. The summed E-state index contributed by atoms with van der Waals surface area (Å²) in [5.74, 6) is 0.512. The summed E-state index contributed by atoms with van der Waals surface area (Å²) in [7, 11) is 0. The molecule has 2 aromatic rings. The maximum atomic E-state index is 2.61. The summed E-state index contributed by atoms with van der Waals surface area (Å²) in [6.07, 6.45) is 6.12. The Bertz CT molecular complexity index is 475. The van der Waals surface area contributed by atoms with Gasteiger partial charge in [0.2, 0.25) is 0 Å². The highest BCUT2D eigenvalue weighted by Crippen LogP contribution is 2.28. The molecule has 0 spiro atoms. The number of hydrogen-bond donors (Lipinski definition) is 0. The molecular weight excluding hydrogens is 254 g/mol. The molecule has 0 unspecified atom stereocenters. The Kier molecular flexibility index (Phi) is 5.07. The van der Waals surface area contributed by atoms with E-state index in [9.17, 15) is 0 Å². The van der Waals surface area contributed by atoms with E-state index >= 15 is 0 Å². The fraction of sp³-hybridized carbons (Fsp3) is 0.350. The van der Waals surface area contributed by atoms with Crippen LogP contribution in [0.5, 0.6) is 0 Å². The first-order valence-electron chi connectivity index (χ1n) is 8.07. The van der Waals surface area contributed by atoms with Crippen LogP contribution in [0.4, 0.5) is 0 Å². The summed E-state index contributed by atoms with van der Waals surface area (Å²) >= 11 is 0. The van der Waals surface area contributed by atoms with Crippen molar-refractivity contribution in [2.75, 3.05) is 19.6 Å². The van der Waals surface area contributed by atoms with Crippen molar-refractivity contribution in [2.45, 2.75) is 25.2 Å². The third-order valence-corrected chi connectivity index (χ3v) is 4.44. The molecule has 1 aliphatic heterocycles. The number of rotatable bonds is 5. The van der Waals surface area contributed by atoms with E-state index in [2.05, 4.69) is 72.0 Å². The normalized spacial score (nSPS) is 16.2. The first-order valence-corrected chi connectivity index (χ1v) is 8.07. The molecule has 0 aliphatic carbocycles. The summed E-state index contributed by atoms with van der Waals surface area (Å²) in [5.41, 5.74) is 2.87. The van der Waals surface area contributed by atoms with Crippen molar-refractivity contribution in [3.63, 3.8) is 0 Å². The third-order valence-electron chi connectivity index (χ3n) is 4.44. The summed E-state index contributed by atoms with van der Waals surface area (Å²) < 4.78 is 0. The fourth-order valence-electron chi connectivity index (χ4n) is 3.24. The molecule has 0 saturated carbocycles. The minimum absolute atomic E-state index is 0.512. The molecule has 0 N–H and O–H groups in total. The van der Waals surface area contributed by atoms with Crippen molar-refractivity contribution in [1.29, 1.82) is 0 Å². The van der Waals surface area contributed by atoms with Gasteiger partial charge in [0.25, 0.3) is 0 Å². The van der Waals surface area contributed by atoms with Crippen LogP contribution in [0.2, 0.25) is 0 Å². The standard InChI is InChI=1S/C20H24N/c1-4-10-18(11-5-1)20(19-12-6-2-7-13-19)14-17-21-15-8-3-9-16-21/h1-7,10-13,20H,8-9,14-17H2. The van der Waals surface area contributed by atoms with Crippen LogP contribution in [-0.4, -0.2) is 24.5 Å². The molecule has 1 radical (unpaired) electrons. The molecule has 1 heteroatoms. The Morgan fingerprint density at radius 3 is 1.81 bits per heavy atom. The lowest BCUT2D eigenvalue weighted by Crippen LogP contribution is -2.31. The zero-order chi connectivity index (χ0) is 14.3. The number of nitrogens with zero attached hydrogens (tertiary/aromatic N) is 1. The average Bonchev–Trinajstić information content (AvgIpc) is 2.58. The molecule has 1 fully saturated rings. The van der Waals surface area contributed by atoms with E-state index in [-0.39, 0.29) is 0 Å². The Labute approximate surface area is 128 Å². The van der Waals surface area contributed by atoms with Crippen molar-refractivity contribution in [2.24, 2.45) is 0 Å². The molecule has 1 heterocycles. The highest BCUT2D eigenvalue weighted by atomic mass is 15.1. The Morgan fingerprint density at radius 2 is 1.29 bits per heavy atom. The summed E-state index contributed by atoms with van der Waals surface area (Å²) in [5, 5.41) is 0. The number of piperidine rings is 1. The van der Waals surface area contributed by atoms with Gasteiger partial charge >= 0.3 is 0 Å². The van der Waals surface area contributed by atoms with Crippen LogP contribution in [0.3, 0.4) is 0 Å². The van der Waals surface area contributed by atoms with E-state index in [0.717, 1.165) is 0 Å². The van der Waals surface area contributed by atoms with Gasteiger partial charge in [0.1, 0.15) is 0 Å². The van der Waals surface area contributed by atoms with E-state index < -0.39 is 0 Å². The molecule has 0 aromatic heterocycles. The molecule has 0 bridgehead atoms. The average molecular weight is 278 g/mol. The summed E-state index contributed by atoms with van der Waals surface area (Å²) in [6, 6.07) is 21.9. The van der Waals surface area contributed by atoms with Crippen molar-refractivity contribution in [1.82, 2.24) is 4.90 Å². The van der Waals surface area contributed by atoms with E-state index in [1.54, 1.807) is 0 Å². The van der Waals surface area contributed by atoms with E-state index in [0.29, 0.717) is 5.92 Å². The van der Waals surface area contributed by atoms with Gasteiger partial charge in [-0.15, -0.1) is 0 Å². The molecule has 1 saturated heterocycles. The van der Waals surface area contributed by atoms with Crippen LogP contribution in [0.15, 0.2) is 60.7 Å². The molecule has 21 heavy (non-hydrogen) atoms. The van der Waals surface area contributed by atoms with Crippen molar-refractivity contribution >= 4 is 0 Å². The molecule has 0 atom stereocenters. The SMILES string of the molecule is [CH]1CCN(CCC(c2ccccc2)c2ccccc2)CC1. The van der Waals surface area contributed by atoms with Gasteiger partial charge in [-0.3, -0.25) is 0 Å². The zero-order valence-corrected chi connectivity index (χ0v) is 12.6. The molecule has 1 nitrogen and oxygen atoms in total. The molecule has 109 valence electrons. The second kappa shape index (κ2) is 7.42. The first-order chi connectivity index (χ1) is 10.4. The Hall–Kier alpha value is -1.60. The fourth-order valence-corrected chi connectivity index (χ4v) is 3.24. The summed E-state index contributed by atoms with van der Waals surface area (Å²) in [6.45, 7) is 3.66. The van der Waals surface area contributed by atoms with Gasteiger partial charge in [-0.25, -0.2) is 0 Å². The highest BCUT2D eigenvalue weighted by molar-refractivity contribution is 5.32. The molecule has 1 aliphatic rings. The number of likely N-dealkylation sites (tertiary alicyclic amines) is 1. The van der Waals surface area contributed by atoms with Crippen molar-refractivity contribution < 1.29 is 0 Å². The highest BCUT2D eigenvalue weighted by Gasteiger charge is 2.16. The number of hydrogen-bond acceptors (Lipinski definition) is 1. The van der Waals surface area contributed by atoms with Crippen molar-refractivity contribution in [3.8, 4) is 0 Å². The largest absolute Gasteiger partial charge is 0.303 e. The Morgan fingerprint density at radius 1 is 0.762 bits per heavy atom. The number of benzene rings is 2. The van der Waals surface area contributed by atoms with Gasteiger partial charge in [0.05, 0.1) is 0 Å². The van der Waals surface area contributed by atoms with Gasteiger partial charge in [-0.05, 0) is 56.4 Å². The minimum Gasteiger partial charge on any atom is -0.303 e. The first kappa shape index (κ1) is 14.3. The van der Waals surface area contributed by atoms with E-state index in [1.807, 2.05) is 0 Å². The lowest BCUT2D eigenvalue weighted by molar-refractivity contribution is 0.247. The van der Waals surface area contributed by atoms with Gasteiger partial charge in [-0.1, -0.05) is 60.7 Å². The molecule has 3 rings (SSSR count). The molecular formula is C20H24N. The van der Waals surface area contributed by atoms with Crippen LogP contribution in [0.1, 0.15) is 36.3 Å². The van der Waals surface area contributed by atoms with E-state index in [1.165, 1.54) is 50.0 Å². The van der Waals surface area contributed by atoms with Crippen LogP contribution in [0, 0.1) is 6.42 Å². The third kappa shape index (κ3) is 3.95. The monoisotopic (exact) mass is 278 g/mol. The van der Waals surface area contributed by atoms with Gasteiger partial charge in [-0.2, -0.15) is 0 Å². The summed E-state index contributed by atoms with van der Waals surface area (Å²) in [4.78, 5) is 2.61. The maximum absolute atomic E-state index is 2.61. The van der Waals surface area contributed by atoms with E-state index in [4.69, 9.17) is 0 Å². The topological polar surface area (TPSA) is 3.24 Å². The minimum atomic E-state index is 0.512. The lowest BCUT2D eigenvalue weighted by atomic mass is 9.88. The quantitative estimate of drug-likeness (QED) is 0.778. The maximum Gasteiger partial charge on any atom is 0.0101 e. The van der Waals surface area contributed by atoms with Crippen LogP contribution < -0.4 is 0 Å². The second-order valence-corrected chi connectivity index (χ2v) is 5.87. The zero-order valence-electron chi connectivity index (χ0n) is 12.6.